The zero-order valence-corrected chi connectivity index (χ0v) is 11.9. The molecule has 0 aromatic carbocycles. The van der Waals surface area contributed by atoms with Crippen LogP contribution in [0.15, 0.2) is 61.1 Å². The number of aromatic nitrogens is 4. The standard InChI is InChI=1S/C16H15N5O/c22-16(15-6-2-4-9-18-15)19-10-12-21-11-7-14(20-21)13-5-1-3-8-17-13/h1-9,11H,10,12H2,(H,19,22). The van der Waals surface area contributed by atoms with Crippen LogP contribution in [0.2, 0.25) is 0 Å². The molecule has 6 heteroatoms. The Bertz CT molecular complexity index is 739. The summed E-state index contributed by atoms with van der Waals surface area (Å²) in [5.74, 6) is -0.183. The minimum Gasteiger partial charge on any atom is -0.349 e. The van der Waals surface area contributed by atoms with Crippen LogP contribution in [0.4, 0.5) is 0 Å². The summed E-state index contributed by atoms with van der Waals surface area (Å²) in [6.45, 7) is 1.07. The summed E-state index contributed by atoms with van der Waals surface area (Å²) in [7, 11) is 0. The van der Waals surface area contributed by atoms with Crippen molar-refractivity contribution in [3.8, 4) is 11.4 Å². The Hall–Kier alpha value is -3.02. The molecule has 3 aromatic rings. The van der Waals surface area contributed by atoms with Crippen molar-refractivity contribution in [2.75, 3.05) is 6.54 Å². The molecule has 3 heterocycles. The third-order valence-corrected chi connectivity index (χ3v) is 3.09. The lowest BCUT2D eigenvalue weighted by Gasteiger charge is -2.04. The maximum Gasteiger partial charge on any atom is 0.269 e. The smallest absolute Gasteiger partial charge is 0.269 e. The van der Waals surface area contributed by atoms with Gasteiger partial charge in [0, 0.05) is 25.1 Å². The molecule has 0 atom stereocenters. The van der Waals surface area contributed by atoms with E-state index in [1.165, 1.54) is 0 Å². The van der Waals surface area contributed by atoms with E-state index in [0.717, 1.165) is 11.4 Å². The molecule has 0 saturated carbocycles. The number of amides is 1. The molecule has 22 heavy (non-hydrogen) atoms. The van der Waals surface area contributed by atoms with Crippen molar-refractivity contribution in [2.24, 2.45) is 0 Å². The van der Waals surface area contributed by atoms with E-state index in [0.29, 0.717) is 18.8 Å². The van der Waals surface area contributed by atoms with Crippen LogP contribution in [-0.2, 0) is 6.54 Å². The SMILES string of the molecule is O=C(NCCn1ccc(-c2ccccn2)n1)c1ccccn1. The molecule has 0 bridgehead atoms. The van der Waals surface area contributed by atoms with E-state index in [-0.39, 0.29) is 5.91 Å². The summed E-state index contributed by atoms with van der Waals surface area (Å²) in [5.41, 5.74) is 2.06. The van der Waals surface area contributed by atoms with Gasteiger partial charge < -0.3 is 5.32 Å². The Morgan fingerprint density at radius 2 is 1.82 bits per heavy atom. The maximum absolute atomic E-state index is 11.8. The van der Waals surface area contributed by atoms with Gasteiger partial charge in [-0.3, -0.25) is 19.4 Å². The molecule has 1 N–H and O–H groups in total. The van der Waals surface area contributed by atoms with Crippen molar-refractivity contribution in [1.82, 2.24) is 25.1 Å². The minimum absolute atomic E-state index is 0.183. The third-order valence-electron chi connectivity index (χ3n) is 3.09. The average molecular weight is 293 g/mol. The van der Waals surface area contributed by atoms with Gasteiger partial charge >= 0.3 is 0 Å². The molecule has 3 rings (SSSR count). The molecule has 110 valence electrons. The predicted molar refractivity (Wildman–Crippen MR) is 82.0 cm³/mol. The molecule has 3 aromatic heterocycles. The Labute approximate surface area is 127 Å². The fraction of sp³-hybridized carbons (Fsp3) is 0.125. The van der Waals surface area contributed by atoms with E-state index < -0.39 is 0 Å². The second-order valence-electron chi connectivity index (χ2n) is 4.65. The summed E-state index contributed by atoms with van der Waals surface area (Å²) < 4.78 is 1.78. The van der Waals surface area contributed by atoms with E-state index in [4.69, 9.17) is 0 Å². The Kier molecular flexibility index (Phi) is 4.20. The molecule has 0 aliphatic heterocycles. The molecule has 0 aliphatic rings. The topological polar surface area (TPSA) is 72.7 Å². The highest BCUT2D eigenvalue weighted by molar-refractivity contribution is 5.92. The molecule has 0 radical (unpaired) electrons. The lowest BCUT2D eigenvalue weighted by atomic mass is 10.3. The van der Waals surface area contributed by atoms with Crippen LogP contribution < -0.4 is 5.32 Å². The second kappa shape index (κ2) is 6.62. The lowest BCUT2D eigenvalue weighted by molar-refractivity contribution is 0.0947. The molecule has 0 aliphatic carbocycles. The molecule has 0 spiro atoms. The number of nitrogens with zero attached hydrogens (tertiary/aromatic N) is 4. The van der Waals surface area contributed by atoms with Crippen LogP contribution in [0, 0.1) is 0 Å². The number of pyridine rings is 2. The molecule has 0 saturated heterocycles. The van der Waals surface area contributed by atoms with Crippen LogP contribution in [-0.4, -0.2) is 32.2 Å². The summed E-state index contributed by atoms with van der Waals surface area (Å²) >= 11 is 0. The van der Waals surface area contributed by atoms with Gasteiger partial charge in [-0.15, -0.1) is 0 Å². The van der Waals surface area contributed by atoms with Gasteiger partial charge in [-0.1, -0.05) is 12.1 Å². The van der Waals surface area contributed by atoms with E-state index in [2.05, 4.69) is 20.4 Å². The fourth-order valence-corrected chi connectivity index (χ4v) is 2.01. The largest absolute Gasteiger partial charge is 0.349 e. The van der Waals surface area contributed by atoms with Crippen LogP contribution in [0.3, 0.4) is 0 Å². The molecular weight excluding hydrogens is 278 g/mol. The van der Waals surface area contributed by atoms with Crippen LogP contribution in [0.1, 0.15) is 10.5 Å². The molecule has 1 amide bonds. The zero-order chi connectivity index (χ0) is 15.2. The molecular formula is C16H15N5O. The van der Waals surface area contributed by atoms with Crippen molar-refractivity contribution in [2.45, 2.75) is 6.54 Å². The minimum atomic E-state index is -0.183. The van der Waals surface area contributed by atoms with Crippen molar-refractivity contribution >= 4 is 5.91 Å². The Morgan fingerprint density at radius 1 is 1.00 bits per heavy atom. The Balaban J connectivity index is 1.55. The van der Waals surface area contributed by atoms with E-state index in [9.17, 15) is 4.79 Å². The van der Waals surface area contributed by atoms with Crippen LogP contribution >= 0.6 is 0 Å². The van der Waals surface area contributed by atoms with Gasteiger partial charge in [0.15, 0.2) is 0 Å². The summed E-state index contributed by atoms with van der Waals surface area (Å²) in [5, 5.41) is 7.26. The van der Waals surface area contributed by atoms with Gasteiger partial charge in [0.25, 0.3) is 5.91 Å². The van der Waals surface area contributed by atoms with Crippen molar-refractivity contribution in [3.05, 3.63) is 66.7 Å². The first kappa shape index (κ1) is 13.9. The summed E-state index contributed by atoms with van der Waals surface area (Å²) in [6.07, 6.45) is 5.21. The quantitative estimate of drug-likeness (QED) is 0.778. The van der Waals surface area contributed by atoms with Gasteiger partial charge in [-0.25, -0.2) is 0 Å². The number of carbonyl (C=O) groups excluding carboxylic acids is 1. The van der Waals surface area contributed by atoms with E-state index in [1.54, 1.807) is 35.3 Å². The van der Waals surface area contributed by atoms with Crippen molar-refractivity contribution in [1.29, 1.82) is 0 Å². The van der Waals surface area contributed by atoms with Gasteiger partial charge in [-0.05, 0) is 30.3 Å². The number of carbonyl (C=O) groups is 1. The fourth-order valence-electron chi connectivity index (χ4n) is 2.01. The van der Waals surface area contributed by atoms with Gasteiger partial charge in [0.05, 0.1) is 12.2 Å². The predicted octanol–water partition coefficient (Wildman–Crippen LogP) is 1.77. The third kappa shape index (κ3) is 3.35. The highest BCUT2D eigenvalue weighted by Gasteiger charge is 2.06. The molecule has 6 nitrogen and oxygen atoms in total. The summed E-state index contributed by atoms with van der Waals surface area (Å²) in [6, 6.07) is 12.9. The highest BCUT2D eigenvalue weighted by atomic mass is 16.1. The van der Waals surface area contributed by atoms with Crippen LogP contribution in [0.25, 0.3) is 11.4 Å². The number of hydrogen-bond acceptors (Lipinski definition) is 4. The summed E-state index contributed by atoms with van der Waals surface area (Å²) in [4.78, 5) is 20.1. The van der Waals surface area contributed by atoms with Crippen molar-refractivity contribution < 1.29 is 4.79 Å². The van der Waals surface area contributed by atoms with Gasteiger partial charge in [0.1, 0.15) is 11.4 Å². The second-order valence-corrected chi connectivity index (χ2v) is 4.65. The molecule has 0 fully saturated rings. The first-order valence-electron chi connectivity index (χ1n) is 6.97. The van der Waals surface area contributed by atoms with E-state index in [1.807, 2.05) is 30.5 Å². The highest BCUT2D eigenvalue weighted by Crippen LogP contribution is 2.12. The number of nitrogens with one attached hydrogen (secondary N) is 1. The van der Waals surface area contributed by atoms with Crippen LogP contribution in [0.5, 0.6) is 0 Å². The van der Waals surface area contributed by atoms with E-state index >= 15 is 0 Å². The zero-order valence-electron chi connectivity index (χ0n) is 11.9. The average Bonchev–Trinajstić information content (AvgIpc) is 3.05. The Morgan fingerprint density at radius 3 is 2.55 bits per heavy atom. The van der Waals surface area contributed by atoms with Gasteiger partial charge in [-0.2, -0.15) is 5.10 Å². The maximum atomic E-state index is 11.8. The van der Waals surface area contributed by atoms with Crippen molar-refractivity contribution in [3.63, 3.8) is 0 Å². The van der Waals surface area contributed by atoms with Gasteiger partial charge in [0.2, 0.25) is 0 Å². The first-order valence-corrected chi connectivity index (χ1v) is 6.97. The number of rotatable bonds is 5. The first-order chi connectivity index (χ1) is 10.8. The number of hydrogen-bond donors (Lipinski definition) is 1. The molecule has 0 unspecified atom stereocenters. The lowest BCUT2D eigenvalue weighted by Crippen LogP contribution is -2.28. The normalized spacial score (nSPS) is 10.4. The monoisotopic (exact) mass is 293 g/mol.